The van der Waals surface area contributed by atoms with Gasteiger partial charge in [-0.05, 0) is 37.1 Å². The quantitative estimate of drug-likeness (QED) is 0.873. The smallest absolute Gasteiger partial charge is 0.0703 e. The summed E-state index contributed by atoms with van der Waals surface area (Å²) in [5.41, 5.74) is 7.28. The molecule has 0 amide bonds. The molecule has 0 aliphatic carbocycles. The second kappa shape index (κ2) is 7.39. The number of likely N-dealkylation sites (N-methyl/N-ethyl adjacent to an activating group) is 1. The second-order valence-electron chi connectivity index (χ2n) is 5.03. The third-order valence-electron chi connectivity index (χ3n) is 3.77. The van der Waals surface area contributed by atoms with E-state index < -0.39 is 0 Å². The normalized spacial score (nSPS) is 20.9. The first-order chi connectivity index (χ1) is 9.24. The van der Waals surface area contributed by atoms with Gasteiger partial charge in [-0.15, -0.1) is 0 Å². The molecule has 2 rings (SSSR count). The average molecular weight is 327 g/mol. The van der Waals surface area contributed by atoms with E-state index in [0.29, 0.717) is 12.6 Å². The van der Waals surface area contributed by atoms with Crippen molar-refractivity contribution in [1.82, 2.24) is 4.90 Å². The van der Waals surface area contributed by atoms with E-state index in [0.717, 1.165) is 24.2 Å². The Morgan fingerprint density at radius 1 is 1.53 bits per heavy atom. The maximum absolute atomic E-state index is 6.01. The summed E-state index contributed by atoms with van der Waals surface area (Å²) in [5, 5.41) is 0. The molecule has 1 fully saturated rings. The summed E-state index contributed by atoms with van der Waals surface area (Å²) in [4.78, 5) is 2.43. The van der Waals surface area contributed by atoms with Crippen molar-refractivity contribution < 1.29 is 4.74 Å². The Morgan fingerprint density at radius 2 is 2.37 bits per heavy atom. The Kier molecular flexibility index (Phi) is 5.82. The van der Waals surface area contributed by atoms with E-state index in [1.165, 1.54) is 18.4 Å². The molecule has 1 aliphatic heterocycles. The van der Waals surface area contributed by atoms with E-state index in [4.69, 9.17) is 10.5 Å². The van der Waals surface area contributed by atoms with Crippen molar-refractivity contribution in [3.05, 3.63) is 34.3 Å². The lowest BCUT2D eigenvalue weighted by molar-refractivity contribution is 0.0601. The molecular formula is C15H23BrN2O. The molecule has 2 atom stereocenters. The van der Waals surface area contributed by atoms with Crippen LogP contribution in [0.1, 0.15) is 31.4 Å². The molecule has 1 saturated heterocycles. The van der Waals surface area contributed by atoms with E-state index >= 15 is 0 Å². The van der Waals surface area contributed by atoms with E-state index in [1.54, 1.807) is 0 Å². The van der Waals surface area contributed by atoms with Crippen molar-refractivity contribution in [2.24, 2.45) is 5.73 Å². The zero-order chi connectivity index (χ0) is 13.7. The summed E-state index contributed by atoms with van der Waals surface area (Å²) >= 11 is 3.53. The Bertz CT molecular complexity index is 393. The molecule has 1 aromatic rings. The van der Waals surface area contributed by atoms with E-state index in [2.05, 4.69) is 46.0 Å². The molecule has 1 heterocycles. The molecular weight excluding hydrogens is 304 g/mol. The fraction of sp³-hybridized carbons (Fsp3) is 0.600. The number of rotatable bonds is 6. The topological polar surface area (TPSA) is 38.5 Å². The molecule has 19 heavy (non-hydrogen) atoms. The zero-order valence-corrected chi connectivity index (χ0v) is 13.1. The van der Waals surface area contributed by atoms with Gasteiger partial charge in [0.1, 0.15) is 0 Å². The minimum absolute atomic E-state index is 0.270. The predicted molar refractivity (Wildman–Crippen MR) is 82.2 cm³/mol. The third kappa shape index (κ3) is 4.02. The van der Waals surface area contributed by atoms with Gasteiger partial charge in [-0.3, -0.25) is 4.90 Å². The lowest BCUT2D eigenvalue weighted by Crippen LogP contribution is -2.38. The molecule has 106 valence electrons. The molecule has 4 heteroatoms. The van der Waals surface area contributed by atoms with Crippen LogP contribution < -0.4 is 5.73 Å². The van der Waals surface area contributed by atoms with Gasteiger partial charge in [-0.1, -0.05) is 35.0 Å². The lowest BCUT2D eigenvalue weighted by Gasteiger charge is -2.32. The highest BCUT2D eigenvalue weighted by molar-refractivity contribution is 9.10. The van der Waals surface area contributed by atoms with Gasteiger partial charge in [0.05, 0.1) is 6.10 Å². The Morgan fingerprint density at radius 3 is 2.95 bits per heavy atom. The summed E-state index contributed by atoms with van der Waals surface area (Å²) in [7, 11) is 0. The van der Waals surface area contributed by atoms with Gasteiger partial charge in [0, 0.05) is 30.2 Å². The van der Waals surface area contributed by atoms with E-state index in [9.17, 15) is 0 Å². The predicted octanol–water partition coefficient (Wildman–Crippen LogP) is 2.95. The first-order valence-corrected chi connectivity index (χ1v) is 7.85. The maximum Gasteiger partial charge on any atom is 0.0703 e. The summed E-state index contributed by atoms with van der Waals surface area (Å²) in [5.74, 6) is 0. The van der Waals surface area contributed by atoms with Gasteiger partial charge in [-0.2, -0.15) is 0 Å². The van der Waals surface area contributed by atoms with Crippen molar-refractivity contribution in [3.63, 3.8) is 0 Å². The van der Waals surface area contributed by atoms with Crippen LogP contribution in [0.15, 0.2) is 28.7 Å². The highest BCUT2D eigenvalue weighted by atomic mass is 79.9. The standard InChI is InChI=1S/C15H23BrN2O/c1-2-18(11-14-7-4-8-19-14)15(10-17)12-5-3-6-13(16)9-12/h3,5-6,9,14-15H,2,4,7-8,10-11,17H2,1H3. The van der Waals surface area contributed by atoms with Crippen molar-refractivity contribution in [2.75, 3.05) is 26.2 Å². The molecule has 0 bridgehead atoms. The molecule has 0 spiro atoms. The van der Waals surface area contributed by atoms with Crippen molar-refractivity contribution in [2.45, 2.75) is 31.9 Å². The number of nitrogens with two attached hydrogens (primary N) is 1. The Labute approximate surface area is 124 Å². The number of hydrogen-bond donors (Lipinski definition) is 1. The highest BCUT2D eigenvalue weighted by Crippen LogP contribution is 2.24. The van der Waals surface area contributed by atoms with Crippen molar-refractivity contribution in [3.8, 4) is 0 Å². The van der Waals surface area contributed by atoms with Gasteiger partial charge < -0.3 is 10.5 Å². The Balaban J connectivity index is 2.08. The minimum Gasteiger partial charge on any atom is -0.377 e. The number of halogens is 1. The first-order valence-electron chi connectivity index (χ1n) is 7.05. The van der Waals surface area contributed by atoms with E-state index in [-0.39, 0.29) is 6.04 Å². The molecule has 1 aliphatic rings. The summed E-state index contributed by atoms with van der Waals surface area (Å²) in [6.07, 6.45) is 2.74. The molecule has 0 saturated carbocycles. The van der Waals surface area contributed by atoms with Crippen LogP contribution in [0.5, 0.6) is 0 Å². The van der Waals surface area contributed by atoms with Crippen LogP contribution in [-0.4, -0.2) is 37.2 Å². The third-order valence-corrected chi connectivity index (χ3v) is 4.26. The molecule has 2 N–H and O–H groups in total. The monoisotopic (exact) mass is 326 g/mol. The number of hydrogen-bond acceptors (Lipinski definition) is 3. The minimum atomic E-state index is 0.270. The van der Waals surface area contributed by atoms with Crippen LogP contribution in [-0.2, 0) is 4.74 Å². The van der Waals surface area contributed by atoms with E-state index in [1.807, 2.05) is 6.07 Å². The SMILES string of the molecule is CCN(CC1CCCO1)C(CN)c1cccc(Br)c1. The molecule has 3 nitrogen and oxygen atoms in total. The fourth-order valence-electron chi connectivity index (χ4n) is 2.74. The summed E-state index contributed by atoms with van der Waals surface area (Å²) in [6.45, 7) is 5.71. The van der Waals surface area contributed by atoms with Crippen molar-refractivity contribution in [1.29, 1.82) is 0 Å². The molecule has 0 radical (unpaired) electrons. The van der Waals surface area contributed by atoms with Crippen LogP contribution in [0.4, 0.5) is 0 Å². The summed E-state index contributed by atoms with van der Waals surface area (Å²) < 4.78 is 6.86. The molecule has 0 aromatic heterocycles. The van der Waals surface area contributed by atoms with Crippen LogP contribution >= 0.6 is 15.9 Å². The van der Waals surface area contributed by atoms with Crippen LogP contribution in [0.25, 0.3) is 0 Å². The van der Waals surface area contributed by atoms with Crippen LogP contribution in [0, 0.1) is 0 Å². The Hall–Kier alpha value is -0.420. The van der Waals surface area contributed by atoms with Crippen molar-refractivity contribution >= 4 is 15.9 Å². The lowest BCUT2D eigenvalue weighted by atomic mass is 10.0. The van der Waals surface area contributed by atoms with Crippen LogP contribution in [0.2, 0.25) is 0 Å². The number of benzene rings is 1. The molecule has 1 aromatic carbocycles. The summed E-state index contributed by atoms with van der Waals surface area (Å²) in [6, 6.07) is 8.71. The van der Waals surface area contributed by atoms with Gasteiger partial charge >= 0.3 is 0 Å². The highest BCUT2D eigenvalue weighted by Gasteiger charge is 2.24. The first kappa shape index (κ1) is 15.0. The van der Waals surface area contributed by atoms with Gasteiger partial charge in [0.2, 0.25) is 0 Å². The number of ether oxygens (including phenoxy) is 1. The largest absolute Gasteiger partial charge is 0.377 e. The van der Waals surface area contributed by atoms with Gasteiger partial charge in [0.25, 0.3) is 0 Å². The average Bonchev–Trinajstić information content (AvgIpc) is 2.91. The second-order valence-corrected chi connectivity index (χ2v) is 5.94. The fourth-order valence-corrected chi connectivity index (χ4v) is 3.15. The number of nitrogens with zero attached hydrogens (tertiary/aromatic N) is 1. The zero-order valence-electron chi connectivity index (χ0n) is 11.5. The van der Waals surface area contributed by atoms with Crippen LogP contribution in [0.3, 0.4) is 0 Å². The molecule has 2 unspecified atom stereocenters. The maximum atomic E-state index is 6.01. The van der Waals surface area contributed by atoms with Gasteiger partial charge in [-0.25, -0.2) is 0 Å². The van der Waals surface area contributed by atoms with Gasteiger partial charge in [0.15, 0.2) is 0 Å².